The Hall–Kier alpha value is -3.04. The zero-order valence-electron chi connectivity index (χ0n) is 20.5. The fraction of sp³-hybridized carbons (Fsp3) is 0.321. The number of carbonyl (C=O) groups is 1. The van der Waals surface area contributed by atoms with Crippen LogP contribution in [0.5, 0.6) is 5.75 Å². The number of nitrogens with one attached hydrogen (secondary N) is 2. The van der Waals surface area contributed by atoms with E-state index >= 15 is 0 Å². The Kier molecular flexibility index (Phi) is 9.24. The molecule has 1 aliphatic rings. The first-order chi connectivity index (χ1) is 17.6. The van der Waals surface area contributed by atoms with Crippen LogP contribution >= 0.6 is 11.8 Å². The molecule has 0 unspecified atom stereocenters. The molecule has 2 amide bonds. The van der Waals surface area contributed by atoms with Crippen molar-refractivity contribution in [3.05, 3.63) is 89.5 Å². The molecule has 0 bridgehead atoms. The largest absolute Gasteiger partial charge is 0.496 e. The van der Waals surface area contributed by atoms with Crippen LogP contribution in [-0.4, -0.2) is 36.6 Å². The highest BCUT2D eigenvalue weighted by molar-refractivity contribution is 7.99. The monoisotopic (exact) mass is 508 g/mol. The number of rotatable bonds is 9. The van der Waals surface area contributed by atoms with Crippen LogP contribution in [0.4, 0.5) is 10.5 Å². The fourth-order valence-electron chi connectivity index (χ4n) is 4.04. The number of aliphatic hydroxyl groups is 1. The number of para-hydroxylation sites is 1. The number of ether oxygens (including phenoxy) is 3. The molecule has 1 saturated heterocycles. The van der Waals surface area contributed by atoms with Gasteiger partial charge in [-0.25, -0.2) is 4.79 Å². The fourth-order valence-corrected chi connectivity index (χ4v) is 5.09. The van der Waals surface area contributed by atoms with Crippen molar-refractivity contribution in [2.75, 3.05) is 24.7 Å². The molecule has 0 aliphatic carbocycles. The number of hydrogen-bond donors (Lipinski definition) is 3. The third-order valence-corrected chi connectivity index (χ3v) is 7.05. The number of methoxy groups -OCH3 is 1. The molecule has 0 aromatic heterocycles. The molecule has 1 fully saturated rings. The van der Waals surface area contributed by atoms with Crippen molar-refractivity contribution < 1.29 is 24.1 Å². The lowest BCUT2D eigenvalue weighted by atomic mass is 10.0. The van der Waals surface area contributed by atoms with Gasteiger partial charge in [0.15, 0.2) is 6.29 Å². The van der Waals surface area contributed by atoms with Gasteiger partial charge in [0.25, 0.3) is 0 Å². The molecule has 3 atom stereocenters. The van der Waals surface area contributed by atoms with Gasteiger partial charge in [-0.3, -0.25) is 0 Å². The van der Waals surface area contributed by atoms with Gasteiger partial charge in [-0.1, -0.05) is 48.5 Å². The number of hydrogen-bond acceptors (Lipinski definition) is 6. The van der Waals surface area contributed by atoms with Crippen LogP contribution in [0.3, 0.4) is 0 Å². The van der Waals surface area contributed by atoms with Crippen LogP contribution in [0.15, 0.2) is 77.7 Å². The van der Waals surface area contributed by atoms with Crippen LogP contribution in [0.25, 0.3) is 0 Å². The predicted octanol–water partition coefficient (Wildman–Crippen LogP) is 5.67. The van der Waals surface area contributed by atoms with E-state index in [-0.39, 0.29) is 24.8 Å². The molecule has 7 nitrogen and oxygen atoms in total. The van der Waals surface area contributed by atoms with E-state index in [1.165, 1.54) is 0 Å². The lowest BCUT2D eigenvalue weighted by Crippen LogP contribution is -2.31. The average Bonchev–Trinajstić information content (AvgIpc) is 2.92. The maximum absolute atomic E-state index is 12.0. The second-order valence-electron chi connectivity index (χ2n) is 8.42. The molecule has 3 aromatic rings. The number of carbonyl (C=O) groups excluding carboxylic acids is 1. The van der Waals surface area contributed by atoms with E-state index in [9.17, 15) is 9.90 Å². The van der Waals surface area contributed by atoms with Crippen LogP contribution in [0.1, 0.15) is 42.4 Å². The van der Waals surface area contributed by atoms with Crippen LogP contribution in [0, 0.1) is 0 Å². The zero-order valence-corrected chi connectivity index (χ0v) is 21.3. The summed E-state index contributed by atoms with van der Waals surface area (Å²) in [4.78, 5) is 13.1. The Morgan fingerprint density at radius 2 is 1.86 bits per heavy atom. The molecule has 1 heterocycles. The smallest absolute Gasteiger partial charge is 0.319 e. The van der Waals surface area contributed by atoms with Crippen LogP contribution in [0.2, 0.25) is 0 Å². The van der Waals surface area contributed by atoms with E-state index in [0.717, 1.165) is 33.1 Å². The quantitative estimate of drug-likeness (QED) is 0.323. The summed E-state index contributed by atoms with van der Waals surface area (Å²) >= 11 is 1.69. The number of amides is 2. The van der Waals surface area contributed by atoms with Gasteiger partial charge in [0.1, 0.15) is 5.75 Å². The van der Waals surface area contributed by atoms with E-state index in [1.54, 1.807) is 18.9 Å². The van der Waals surface area contributed by atoms with Gasteiger partial charge in [0.2, 0.25) is 0 Å². The first kappa shape index (κ1) is 26.0. The molecule has 8 heteroatoms. The van der Waals surface area contributed by atoms with E-state index in [4.69, 9.17) is 14.2 Å². The molecule has 0 spiro atoms. The lowest BCUT2D eigenvalue weighted by Gasteiger charge is -2.36. The molecule has 4 rings (SSSR count). The van der Waals surface area contributed by atoms with E-state index < -0.39 is 6.29 Å². The van der Waals surface area contributed by atoms with Crippen molar-refractivity contribution in [3.8, 4) is 5.75 Å². The third kappa shape index (κ3) is 6.79. The summed E-state index contributed by atoms with van der Waals surface area (Å²) in [7, 11) is 1.67. The lowest BCUT2D eigenvalue weighted by molar-refractivity contribution is -0.245. The summed E-state index contributed by atoms with van der Waals surface area (Å²) in [5.41, 5.74) is 3.38. The molecule has 3 N–H and O–H groups in total. The van der Waals surface area contributed by atoms with Gasteiger partial charge in [0, 0.05) is 34.9 Å². The van der Waals surface area contributed by atoms with Crippen molar-refractivity contribution in [3.63, 3.8) is 0 Å². The average molecular weight is 509 g/mol. The zero-order chi connectivity index (χ0) is 25.3. The van der Waals surface area contributed by atoms with Gasteiger partial charge in [-0.15, -0.1) is 11.8 Å². The minimum Gasteiger partial charge on any atom is -0.496 e. The van der Waals surface area contributed by atoms with Gasteiger partial charge in [0.05, 0.1) is 25.9 Å². The molecule has 0 radical (unpaired) electrons. The van der Waals surface area contributed by atoms with E-state index in [2.05, 4.69) is 10.6 Å². The molecule has 0 saturated carbocycles. The molecular weight excluding hydrogens is 476 g/mol. The third-order valence-electron chi connectivity index (χ3n) is 5.86. The molecular formula is C28H32N2O5S. The van der Waals surface area contributed by atoms with Crippen molar-refractivity contribution >= 4 is 23.5 Å². The van der Waals surface area contributed by atoms with Gasteiger partial charge < -0.3 is 30.0 Å². The summed E-state index contributed by atoms with van der Waals surface area (Å²) in [5.74, 6) is 1.56. The number of urea groups is 1. The predicted molar refractivity (Wildman–Crippen MR) is 141 cm³/mol. The Bertz CT molecular complexity index is 1140. The topological polar surface area (TPSA) is 89.1 Å². The van der Waals surface area contributed by atoms with Crippen molar-refractivity contribution in [1.29, 1.82) is 0 Å². The van der Waals surface area contributed by atoms with Crippen molar-refractivity contribution in [1.82, 2.24) is 5.32 Å². The summed E-state index contributed by atoms with van der Waals surface area (Å²) in [6.07, 6.45) is -0.171. The molecule has 3 aromatic carbocycles. The highest BCUT2D eigenvalue weighted by atomic mass is 32.2. The first-order valence-electron chi connectivity index (χ1n) is 12.0. The van der Waals surface area contributed by atoms with Gasteiger partial charge in [-0.2, -0.15) is 0 Å². The Balaban J connectivity index is 1.54. The molecule has 36 heavy (non-hydrogen) atoms. The van der Waals surface area contributed by atoms with Crippen LogP contribution in [-0.2, 0) is 16.1 Å². The summed E-state index contributed by atoms with van der Waals surface area (Å²) in [6.45, 7) is 2.42. The molecule has 1 aliphatic heterocycles. The maximum Gasteiger partial charge on any atom is 0.319 e. The maximum atomic E-state index is 12.0. The number of aliphatic hydroxyl groups excluding tert-OH is 1. The van der Waals surface area contributed by atoms with E-state index in [0.29, 0.717) is 18.7 Å². The highest BCUT2D eigenvalue weighted by Gasteiger charge is 2.32. The van der Waals surface area contributed by atoms with E-state index in [1.807, 2.05) is 79.7 Å². The van der Waals surface area contributed by atoms with Crippen molar-refractivity contribution in [2.45, 2.75) is 43.3 Å². The Morgan fingerprint density at radius 3 is 2.61 bits per heavy atom. The Morgan fingerprint density at radius 1 is 1.06 bits per heavy atom. The first-order valence-corrected chi connectivity index (χ1v) is 13.0. The van der Waals surface area contributed by atoms with Gasteiger partial charge in [-0.05, 0) is 42.3 Å². The number of benzene rings is 3. The minimum absolute atomic E-state index is 0.00111. The minimum atomic E-state index is -0.597. The molecule has 190 valence electrons. The highest BCUT2D eigenvalue weighted by Crippen LogP contribution is 2.40. The SMILES string of the molecule is CCNC(=O)Nc1cccc([C@H]2O[C@@H](CSc3ccccc3OC)C[C@@H](c3ccc(CO)cc3)O2)c1. The van der Waals surface area contributed by atoms with Crippen molar-refractivity contribution in [2.24, 2.45) is 0 Å². The standard InChI is InChI=1S/C28H32N2O5S/c1-3-29-28(32)30-22-8-6-7-21(15-22)27-34-23(18-36-26-10-5-4-9-24(26)33-2)16-25(35-27)20-13-11-19(17-31)12-14-20/h4-15,23,25,27,31H,3,16-18H2,1-2H3,(H2,29,30,32)/t23-,25+,27+/m1/s1. The number of anilines is 1. The summed E-state index contributed by atoms with van der Waals surface area (Å²) in [5, 5.41) is 15.0. The summed E-state index contributed by atoms with van der Waals surface area (Å²) < 4.78 is 18.3. The van der Waals surface area contributed by atoms with Crippen LogP contribution < -0.4 is 15.4 Å². The second-order valence-corrected chi connectivity index (χ2v) is 9.48. The second kappa shape index (κ2) is 12.8. The van der Waals surface area contributed by atoms with Gasteiger partial charge >= 0.3 is 6.03 Å². The Labute approximate surface area is 216 Å². The number of thioether (sulfide) groups is 1. The normalized spacial score (nSPS) is 19.5. The summed E-state index contributed by atoms with van der Waals surface area (Å²) in [6, 6.07) is 23.0.